The van der Waals surface area contributed by atoms with Crippen LogP contribution in [0, 0.1) is 17.8 Å². The van der Waals surface area contributed by atoms with Crippen LogP contribution in [-0.4, -0.2) is 24.8 Å². The van der Waals surface area contributed by atoms with Crippen molar-refractivity contribution in [2.75, 3.05) is 13.2 Å². The Bertz CT molecular complexity index is 282. The first kappa shape index (κ1) is 17.3. The van der Waals surface area contributed by atoms with E-state index in [0.29, 0.717) is 6.04 Å². The molecule has 2 nitrogen and oxygen atoms in total. The average molecular weight is 296 g/mol. The van der Waals surface area contributed by atoms with Crippen molar-refractivity contribution in [1.82, 2.24) is 5.32 Å². The Morgan fingerprint density at radius 3 is 2.14 bits per heavy atom. The van der Waals surface area contributed by atoms with Gasteiger partial charge in [0.15, 0.2) is 0 Å². The topological polar surface area (TPSA) is 21.3 Å². The molecule has 3 atom stereocenters. The average Bonchev–Trinajstić information content (AvgIpc) is 2.45. The lowest BCUT2D eigenvalue weighted by Crippen LogP contribution is -2.58. The van der Waals surface area contributed by atoms with Crippen molar-refractivity contribution in [2.24, 2.45) is 17.8 Å². The third kappa shape index (κ3) is 4.22. The van der Waals surface area contributed by atoms with E-state index in [0.717, 1.165) is 30.9 Å². The molecule has 21 heavy (non-hydrogen) atoms. The van der Waals surface area contributed by atoms with Gasteiger partial charge in [0.2, 0.25) is 0 Å². The van der Waals surface area contributed by atoms with E-state index in [2.05, 4.69) is 33.0 Å². The van der Waals surface area contributed by atoms with E-state index in [-0.39, 0.29) is 5.60 Å². The van der Waals surface area contributed by atoms with E-state index < -0.39 is 0 Å². The first-order valence-electron chi connectivity index (χ1n) is 9.48. The van der Waals surface area contributed by atoms with Gasteiger partial charge in [0.1, 0.15) is 0 Å². The molecule has 3 unspecified atom stereocenters. The van der Waals surface area contributed by atoms with Crippen LogP contribution in [0.4, 0.5) is 0 Å². The van der Waals surface area contributed by atoms with Gasteiger partial charge in [-0.2, -0.15) is 0 Å². The summed E-state index contributed by atoms with van der Waals surface area (Å²) in [7, 11) is 0. The van der Waals surface area contributed by atoms with Gasteiger partial charge in [0.05, 0.1) is 5.60 Å². The highest BCUT2D eigenvalue weighted by Crippen LogP contribution is 2.43. The van der Waals surface area contributed by atoms with Crippen LogP contribution in [0.25, 0.3) is 0 Å². The summed E-state index contributed by atoms with van der Waals surface area (Å²) in [5, 5.41) is 3.86. The monoisotopic (exact) mass is 295 g/mol. The SMILES string of the molecule is CCNC(C1CC(C)CC(C)C1)C1(OCC)CCCCC1. The predicted octanol–water partition coefficient (Wildman–Crippen LogP) is 4.78. The summed E-state index contributed by atoms with van der Waals surface area (Å²) in [6.07, 6.45) is 10.8. The molecule has 2 fully saturated rings. The standard InChI is InChI=1S/C19H37NO/c1-5-20-18(17-13-15(3)12-16(4)14-17)19(21-6-2)10-8-7-9-11-19/h15-18,20H,5-14H2,1-4H3. The molecule has 2 saturated carbocycles. The van der Waals surface area contributed by atoms with Crippen LogP contribution in [0.15, 0.2) is 0 Å². The first-order chi connectivity index (χ1) is 10.1. The Kier molecular flexibility index (Phi) is 6.55. The molecule has 2 aliphatic rings. The van der Waals surface area contributed by atoms with E-state index in [1.807, 2.05) is 0 Å². The molecule has 124 valence electrons. The summed E-state index contributed by atoms with van der Waals surface area (Å²) in [4.78, 5) is 0. The van der Waals surface area contributed by atoms with Crippen LogP contribution in [0.3, 0.4) is 0 Å². The van der Waals surface area contributed by atoms with Gasteiger partial charge in [-0.05, 0) is 63.3 Å². The van der Waals surface area contributed by atoms with Gasteiger partial charge >= 0.3 is 0 Å². The van der Waals surface area contributed by atoms with E-state index in [9.17, 15) is 0 Å². The highest BCUT2D eigenvalue weighted by molar-refractivity contribution is 5.00. The lowest BCUT2D eigenvalue weighted by atomic mass is 9.66. The largest absolute Gasteiger partial charge is 0.374 e. The Balaban J connectivity index is 2.17. The van der Waals surface area contributed by atoms with Crippen molar-refractivity contribution < 1.29 is 4.74 Å². The molecule has 0 aromatic carbocycles. The second-order valence-corrected chi connectivity index (χ2v) is 7.77. The molecule has 0 aromatic heterocycles. The van der Waals surface area contributed by atoms with Crippen LogP contribution in [0.5, 0.6) is 0 Å². The molecule has 2 aliphatic carbocycles. The van der Waals surface area contributed by atoms with Crippen LogP contribution < -0.4 is 5.32 Å². The van der Waals surface area contributed by atoms with E-state index in [1.165, 1.54) is 51.4 Å². The summed E-state index contributed by atoms with van der Waals surface area (Å²) in [5.41, 5.74) is 0.116. The van der Waals surface area contributed by atoms with Crippen LogP contribution in [0.1, 0.15) is 79.1 Å². The third-order valence-corrected chi connectivity index (χ3v) is 5.81. The fourth-order valence-electron chi connectivity index (χ4n) is 5.27. The second-order valence-electron chi connectivity index (χ2n) is 7.77. The van der Waals surface area contributed by atoms with Crippen molar-refractivity contribution in [3.8, 4) is 0 Å². The Morgan fingerprint density at radius 2 is 1.62 bits per heavy atom. The lowest BCUT2D eigenvalue weighted by molar-refractivity contribution is -0.108. The van der Waals surface area contributed by atoms with Gasteiger partial charge in [0.25, 0.3) is 0 Å². The summed E-state index contributed by atoms with van der Waals surface area (Å²) in [6.45, 7) is 11.2. The van der Waals surface area contributed by atoms with Gasteiger partial charge in [0, 0.05) is 12.6 Å². The Labute approximate surface area is 132 Å². The number of likely N-dealkylation sites (N-methyl/N-ethyl adjacent to an activating group) is 1. The zero-order valence-corrected chi connectivity index (χ0v) is 14.8. The summed E-state index contributed by atoms with van der Waals surface area (Å²) >= 11 is 0. The van der Waals surface area contributed by atoms with Gasteiger partial charge in [-0.1, -0.05) is 40.0 Å². The van der Waals surface area contributed by atoms with Crippen LogP contribution >= 0.6 is 0 Å². The van der Waals surface area contributed by atoms with Crippen molar-refractivity contribution in [3.63, 3.8) is 0 Å². The Hall–Kier alpha value is -0.0800. The predicted molar refractivity (Wildman–Crippen MR) is 90.6 cm³/mol. The third-order valence-electron chi connectivity index (χ3n) is 5.81. The fraction of sp³-hybridized carbons (Fsp3) is 1.00. The molecule has 0 radical (unpaired) electrons. The molecule has 1 N–H and O–H groups in total. The maximum absolute atomic E-state index is 6.45. The molecular formula is C19H37NO. The number of ether oxygens (including phenoxy) is 1. The molecule has 0 aromatic rings. The molecule has 0 saturated heterocycles. The van der Waals surface area contributed by atoms with Gasteiger partial charge in [-0.15, -0.1) is 0 Å². The van der Waals surface area contributed by atoms with Gasteiger partial charge in [-0.3, -0.25) is 0 Å². The fourth-order valence-corrected chi connectivity index (χ4v) is 5.27. The molecule has 2 rings (SSSR count). The maximum Gasteiger partial charge on any atom is 0.0837 e. The summed E-state index contributed by atoms with van der Waals surface area (Å²) in [5.74, 6) is 2.55. The molecule has 0 aliphatic heterocycles. The first-order valence-corrected chi connectivity index (χ1v) is 9.48. The Morgan fingerprint density at radius 1 is 1.00 bits per heavy atom. The molecule has 0 heterocycles. The lowest BCUT2D eigenvalue weighted by Gasteiger charge is -2.49. The minimum Gasteiger partial charge on any atom is -0.374 e. The minimum atomic E-state index is 0.116. The quantitative estimate of drug-likeness (QED) is 0.761. The van der Waals surface area contributed by atoms with Crippen molar-refractivity contribution in [1.29, 1.82) is 0 Å². The van der Waals surface area contributed by atoms with Gasteiger partial charge in [-0.25, -0.2) is 0 Å². The van der Waals surface area contributed by atoms with Crippen LogP contribution in [-0.2, 0) is 4.74 Å². The number of hydrogen-bond donors (Lipinski definition) is 1. The molecule has 2 heteroatoms. The van der Waals surface area contributed by atoms with Crippen molar-refractivity contribution in [2.45, 2.75) is 90.7 Å². The van der Waals surface area contributed by atoms with E-state index in [1.54, 1.807) is 0 Å². The van der Waals surface area contributed by atoms with Crippen LogP contribution in [0.2, 0.25) is 0 Å². The smallest absolute Gasteiger partial charge is 0.0837 e. The number of rotatable bonds is 6. The summed E-state index contributed by atoms with van der Waals surface area (Å²) < 4.78 is 6.45. The highest BCUT2D eigenvalue weighted by Gasteiger charge is 2.45. The molecule has 0 bridgehead atoms. The van der Waals surface area contributed by atoms with E-state index >= 15 is 0 Å². The minimum absolute atomic E-state index is 0.116. The molecule has 0 amide bonds. The molecular weight excluding hydrogens is 258 g/mol. The highest BCUT2D eigenvalue weighted by atomic mass is 16.5. The zero-order chi connectivity index (χ0) is 15.3. The zero-order valence-electron chi connectivity index (χ0n) is 14.8. The van der Waals surface area contributed by atoms with Crippen molar-refractivity contribution in [3.05, 3.63) is 0 Å². The summed E-state index contributed by atoms with van der Waals surface area (Å²) in [6, 6.07) is 0.563. The number of nitrogens with one attached hydrogen (secondary N) is 1. The normalized spacial score (nSPS) is 34.6. The number of hydrogen-bond acceptors (Lipinski definition) is 2. The van der Waals surface area contributed by atoms with Gasteiger partial charge < -0.3 is 10.1 Å². The van der Waals surface area contributed by atoms with E-state index in [4.69, 9.17) is 4.74 Å². The van der Waals surface area contributed by atoms with Crippen molar-refractivity contribution >= 4 is 0 Å². The maximum atomic E-state index is 6.45. The second kappa shape index (κ2) is 7.97. The molecule has 0 spiro atoms.